The Morgan fingerprint density at radius 2 is 1.74 bits per heavy atom. The summed E-state index contributed by atoms with van der Waals surface area (Å²) >= 11 is 0. The number of esters is 1. The molecule has 5 fully saturated rings. The molecule has 0 unspecified atom stereocenters. The number of carbonyl (C=O) groups is 2. The van der Waals surface area contributed by atoms with Gasteiger partial charge in [0.05, 0.1) is 18.8 Å². The van der Waals surface area contributed by atoms with Gasteiger partial charge in [0.25, 0.3) is 0 Å². The maximum Gasteiger partial charge on any atom is 0.338 e. The highest BCUT2D eigenvalue weighted by Gasteiger charge is 2.65. The predicted octanol–water partition coefficient (Wildman–Crippen LogP) is 7.67. The molecule has 6 heteroatoms. The first-order valence-electron chi connectivity index (χ1n) is 16.5. The first-order valence-corrected chi connectivity index (χ1v) is 16.5. The number of allylic oxidation sites excluding steroid dienone is 1. The smallest absolute Gasteiger partial charge is 0.338 e. The van der Waals surface area contributed by atoms with E-state index in [4.69, 9.17) is 14.2 Å². The van der Waals surface area contributed by atoms with Crippen molar-refractivity contribution >= 4 is 11.9 Å². The lowest BCUT2D eigenvalue weighted by Gasteiger charge is -2.63. The van der Waals surface area contributed by atoms with Gasteiger partial charge in [-0.3, -0.25) is 0 Å². The second-order valence-corrected chi connectivity index (χ2v) is 14.8. The average molecular weight is 579 g/mol. The Morgan fingerprint density at radius 1 is 1.02 bits per heavy atom. The van der Waals surface area contributed by atoms with Gasteiger partial charge in [0.2, 0.25) is 0 Å². The van der Waals surface area contributed by atoms with Crippen molar-refractivity contribution in [1.29, 1.82) is 0 Å². The van der Waals surface area contributed by atoms with Crippen LogP contribution in [0.4, 0.5) is 0 Å². The number of carbonyl (C=O) groups excluding carboxylic acids is 1. The molecular formula is C36H50O6. The molecule has 1 aromatic carbocycles. The molecule has 1 heterocycles. The Balaban J connectivity index is 1.27. The van der Waals surface area contributed by atoms with E-state index in [1.54, 1.807) is 6.92 Å². The van der Waals surface area contributed by atoms with Gasteiger partial charge >= 0.3 is 11.9 Å². The number of ether oxygens (including phenoxy) is 3. The second-order valence-electron chi connectivity index (χ2n) is 14.8. The Morgan fingerprint density at radius 3 is 2.45 bits per heavy atom. The van der Waals surface area contributed by atoms with Crippen LogP contribution in [0.15, 0.2) is 42.0 Å². The summed E-state index contributed by atoms with van der Waals surface area (Å²) in [5.41, 5.74) is 1.48. The van der Waals surface area contributed by atoms with Gasteiger partial charge in [-0.25, -0.2) is 9.59 Å². The highest BCUT2D eigenvalue weighted by Crippen LogP contribution is 2.69. The summed E-state index contributed by atoms with van der Waals surface area (Å²) in [4.78, 5) is 24.8. The van der Waals surface area contributed by atoms with E-state index in [0.717, 1.165) is 38.5 Å². The van der Waals surface area contributed by atoms with Crippen LogP contribution in [0.2, 0.25) is 0 Å². The van der Waals surface area contributed by atoms with Crippen LogP contribution in [0.5, 0.6) is 0 Å². The van der Waals surface area contributed by atoms with E-state index < -0.39 is 11.8 Å². The molecule has 6 rings (SSSR count). The Kier molecular flexibility index (Phi) is 8.10. The number of aliphatic carboxylic acids is 1. The molecule has 42 heavy (non-hydrogen) atoms. The van der Waals surface area contributed by atoms with Crippen LogP contribution in [0.3, 0.4) is 0 Å². The molecule has 1 N–H and O–H groups in total. The molecule has 0 radical (unpaired) electrons. The molecule has 0 amide bonds. The second kappa shape index (κ2) is 11.4. The molecule has 1 spiro atoms. The van der Waals surface area contributed by atoms with Crippen LogP contribution in [0.25, 0.3) is 0 Å². The molecule has 9 atom stereocenters. The third-order valence-corrected chi connectivity index (χ3v) is 12.9. The van der Waals surface area contributed by atoms with E-state index in [9.17, 15) is 14.7 Å². The zero-order chi connectivity index (χ0) is 29.7. The third-order valence-electron chi connectivity index (χ3n) is 12.9. The zero-order valence-corrected chi connectivity index (χ0v) is 26.0. The van der Waals surface area contributed by atoms with E-state index >= 15 is 0 Å². The van der Waals surface area contributed by atoms with Crippen molar-refractivity contribution in [1.82, 2.24) is 0 Å². The lowest BCUT2D eigenvalue weighted by Crippen LogP contribution is -2.60. The molecule has 230 valence electrons. The summed E-state index contributed by atoms with van der Waals surface area (Å²) in [6.07, 6.45) is 12.3. The fraction of sp³-hybridized carbons (Fsp3) is 0.722. The highest BCUT2D eigenvalue weighted by molar-refractivity contribution is 5.89. The van der Waals surface area contributed by atoms with E-state index in [-0.39, 0.29) is 22.9 Å². The lowest BCUT2D eigenvalue weighted by molar-refractivity contribution is -0.242. The predicted molar refractivity (Wildman–Crippen MR) is 161 cm³/mol. The van der Waals surface area contributed by atoms with Gasteiger partial charge in [0.15, 0.2) is 5.79 Å². The van der Waals surface area contributed by atoms with E-state index in [1.165, 1.54) is 25.7 Å². The van der Waals surface area contributed by atoms with Crippen molar-refractivity contribution in [2.24, 2.45) is 46.3 Å². The summed E-state index contributed by atoms with van der Waals surface area (Å²) in [5.74, 6) is 1.48. The van der Waals surface area contributed by atoms with Crippen LogP contribution < -0.4 is 0 Å². The Labute approximate surface area is 251 Å². The van der Waals surface area contributed by atoms with Crippen molar-refractivity contribution < 1.29 is 28.9 Å². The summed E-state index contributed by atoms with van der Waals surface area (Å²) in [6, 6.07) is 9.48. The number of fused-ring (bicyclic) bond motifs is 5. The summed E-state index contributed by atoms with van der Waals surface area (Å²) in [5, 5.41) is 9.27. The summed E-state index contributed by atoms with van der Waals surface area (Å²) < 4.78 is 19.0. The minimum absolute atomic E-state index is 0.0998. The van der Waals surface area contributed by atoms with Crippen molar-refractivity contribution in [3.63, 3.8) is 0 Å². The van der Waals surface area contributed by atoms with Gasteiger partial charge in [-0.2, -0.15) is 0 Å². The van der Waals surface area contributed by atoms with Gasteiger partial charge < -0.3 is 19.3 Å². The Bertz CT molecular complexity index is 1190. The fourth-order valence-electron chi connectivity index (χ4n) is 10.6. The zero-order valence-electron chi connectivity index (χ0n) is 26.0. The average Bonchev–Trinajstić information content (AvgIpc) is 3.58. The van der Waals surface area contributed by atoms with E-state index in [1.807, 2.05) is 36.4 Å². The molecule has 1 saturated heterocycles. The lowest BCUT2D eigenvalue weighted by atomic mass is 9.43. The van der Waals surface area contributed by atoms with E-state index in [0.29, 0.717) is 59.9 Å². The molecule has 0 bridgehead atoms. The highest BCUT2D eigenvalue weighted by atomic mass is 16.7. The molecule has 4 saturated carbocycles. The monoisotopic (exact) mass is 578 g/mol. The Hall–Kier alpha value is -2.18. The van der Waals surface area contributed by atoms with Gasteiger partial charge in [0, 0.05) is 24.3 Å². The maximum atomic E-state index is 13.5. The maximum absolute atomic E-state index is 13.5. The number of rotatable bonds is 7. The van der Waals surface area contributed by atoms with Crippen molar-refractivity contribution in [3.05, 3.63) is 47.5 Å². The number of benzene rings is 1. The number of hydrogen-bond donors (Lipinski definition) is 1. The minimum Gasteiger partial charge on any atom is -0.478 e. The first kappa shape index (κ1) is 29.9. The normalized spacial score (nSPS) is 39.7. The van der Waals surface area contributed by atoms with Crippen LogP contribution in [-0.4, -0.2) is 42.1 Å². The van der Waals surface area contributed by atoms with E-state index in [2.05, 4.69) is 20.8 Å². The summed E-state index contributed by atoms with van der Waals surface area (Å²) in [6.45, 7) is 10.5. The SMILES string of the molecule is C/C(=C\CC[C@@H](C)[C@H]1CC[C@H]2[C@@H]3[C@H](OC(=O)c4ccccc4)C[C@H]4CC5(CC[C@]4(C)[C@H]3CC[C@]12C)OCCO5)C(=O)O. The molecular weight excluding hydrogens is 528 g/mol. The van der Waals surface area contributed by atoms with Crippen LogP contribution >= 0.6 is 0 Å². The van der Waals surface area contributed by atoms with Gasteiger partial charge in [-0.05, 0) is 111 Å². The largest absolute Gasteiger partial charge is 0.478 e. The van der Waals surface area contributed by atoms with Crippen molar-refractivity contribution in [2.45, 2.75) is 104 Å². The fourth-order valence-corrected chi connectivity index (χ4v) is 10.6. The number of hydrogen-bond acceptors (Lipinski definition) is 5. The molecule has 1 aliphatic heterocycles. The minimum atomic E-state index is -0.825. The molecule has 0 aromatic heterocycles. The van der Waals surface area contributed by atoms with Crippen LogP contribution in [0, 0.1) is 46.3 Å². The van der Waals surface area contributed by atoms with Gasteiger partial charge in [-0.1, -0.05) is 45.0 Å². The number of carboxylic acids is 1. The first-order chi connectivity index (χ1) is 20.1. The standard InChI is InChI=1S/C36H50O6/c1-23(9-8-10-24(2)32(37)38)27-13-14-28-31-29(15-16-35(27,28)4)34(3)17-18-36(40-19-20-41-36)22-26(34)21-30(31)42-33(39)25-11-6-5-7-12-25/h5-7,10-12,23,26-31H,8-9,13-22H2,1-4H3,(H,37,38)/b24-10+/t23-,26+,27-,28+,29+,30-,31+,34+,35-/m1/s1. The van der Waals surface area contributed by atoms with Crippen LogP contribution in [-0.2, 0) is 19.0 Å². The van der Waals surface area contributed by atoms with Gasteiger partial charge in [0.1, 0.15) is 6.10 Å². The van der Waals surface area contributed by atoms with Crippen LogP contribution in [0.1, 0.15) is 102 Å². The van der Waals surface area contributed by atoms with Crippen molar-refractivity contribution in [3.8, 4) is 0 Å². The third kappa shape index (κ3) is 5.15. The molecule has 6 nitrogen and oxygen atoms in total. The molecule has 4 aliphatic carbocycles. The summed E-state index contributed by atoms with van der Waals surface area (Å²) in [7, 11) is 0. The molecule has 1 aromatic rings. The van der Waals surface area contributed by atoms with Gasteiger partial charge in [-0.15, -0.1) is 0 Å². The molecule has 5 aliphatic rings. The van der Waals surface area contributed by atoms with Crippen molar-refractivity contribution in [2.75, 3.05) is 13.2 Å². The quantitative estimate of drug-likeness (QED) is 0.264. The topological polar surface area (TPSA) is 82.1 Å². The number of carboxylic acid groups (broad SMARTS) is 1.